The van der Waals surface area contributed by atoms with E-state index in [1.165, 1.54) is 30.1 Å². The number of ether oxygens (including phenoxy) is 5. The lowest BCUT2D eigenvalue weighted by Crippen LogP contribution is -2.40. The molecule has 0 bridgehead atoms. The monoisotopic (exact) mass is 596 g/mol. The molecule has 0 aliphatic carbocycles. The average molecular weight is 597 g/mol. The van der Waals surface area contributed by atoms with E-state index in [9.17, 15) is 14.4 Å². The van der Waals surface area contributed by atoms with E-state index in [4.69, 9.17) is 28.8 Å². The molecule has 222 valence electrons. The van der Waals surface area contributed by atoms with Crippen LogP contribution in [-0.2, 0) is 14.3 Å². The molecule has 1 aromatic heterocycles. The van der Waals surface area contributed by atoms with E-state index in [0.717, 1.165) is 6.42 Å². The molecule has 0 unspecified atom stereocenters. The summed E-state index contributed by atoms with van der Waals surface area (Å²) in [7, 11) is 2.97. The van der Waals surface area contributed by atoms with Gasteiger partial charge in [0.15, 0.2) is 34.4 Å². The highest BCUT2D eigenvalue weighted by atomic mass is 32.1. The number of carbonyl (C=O) groups excluding carboxylic acids is 1. The highest BCUT2D eigenvalue weighted by Crippen LogP contribution is 2.41. The molecule has 3 aromatic rings. The van der Waals surface area contributed by atoms with Crippen LogP contribution in [0.15, 0.2) is 57.5 Å². The molecule has 0 spiro atoms. The maximum absolute atomic E-state index is 14.0. The zero-order chi connectivity index (χ0) is 30.4. The fourth-order valence-electron chi connectivity index (χ4n) is 4.54. The molecule has 0 saturated carbocycles. The van der Waals surface area contributed by atoms with Gasteiger partial charge in [-0.2, -0.15) is 0 Å². The second kappa shape index (κ2) is 13.4. The Kier molecular flexibility index (Phi) is 9.68. The van der Waals surface area contributed by atoms with Crippen molar-refractivity contribution in [2.45, 2.75) is 33.2 Å². The Morgan fingerprint density at radius 1 is 1.07 bits per heavy atom. The molecule has 2 heterocycles. The number of hydrogen-bond acceptors (Lipinski definition) is 10. The predicted molar refractivity (Wildman–Crippen MR) is 155 cm³/mol. The second-order valence-electron chi connectivity index (χ2n) is 9.12. The van der Waals surface area contributed by atoms with Gasteiger partial charge in [-0.05, 0) is 50.1 Å². The number of thiazole rings is 1. The first-order chi connectivity index (χ1) is 20.2. The molecule has 0 saturated heterocycles. The molecule has 0 radical (unpaired) electrons. The third kappa shape index (κ3) is 6.18. The second-order valence-corrected chi connectivity index (χ2v) is 10.1. The molecule has 1 aliphatic heterocycles. The van der Waals surface area contributed by atoms with Crippen LogP contribution < -0.4 is 33.8 Å². The van der Waals surface area contributed by atoms with Crippen molar-refractivity contribution in [1.29, 1.82) is 0 Å². The van der Waals surface area contributed by atoms with Gasteiger partial charge in [-0.25, -0.2) is 14.6 Å². The fraction of sp³-hybridized carbons (Fsp3) is 0.333. The first-order valence-corrected chi connectivity index (χ1v) is 14.1. The quantitative estimate of drug-likeness (QED) is 0.313. The number of nitrogens with zero attached hydrogens (tertiary/aromatic N) is 2. The van der Waals surface area contributed by atoms with E-state index < -0.39 is 24.6 Å². The van der Waals surface area contributed by atoms with Gasteiger partial charge in [0.05, 0.1) is 43.2 Å². The highest BCUT2D eigenvalue weighted by Gasteiger charge is 2.36. The average Bonchev–Trinajstić information content (AvgIpc) is 3.28. The van der Waals surface area contributed by atoms with Crippen LogP contribution in [0.1, 0.15) is 44.4 Å². The number of benzene rings is 2. The van der Waals surface area contributed by atoms with Crippen LogP contribution in [0.4, 0.5) is 0 Å². The summed E-state index contributed by atoms with van der Waals surface area (Å²) in [6.07, 6.45) is 2.41. The first kappa shape index (κ1) is 30.4. The largest absolute Gasteiger partial charge is 0.493 e. The number of fused-ring (bicyclic) bond motifs is 1. The molecule has 12 heteroatoms. The van der Waals surface area contributed by atoms with E-state index in [1.807, 2.05) is 6.92 Å². The predicted octanol–water partition coefficient (Wildman–Crippen LogP) is 3.07. The van der Waals surface area contributed by atoms with Crippen molar-refractivity contribution < 1.29 is 38.4 Å². The van der Waals surface area contributed by atoms with Gasteiger partial charge in [-0.3, -0.25) is 9.36 Å². The van der Waals surface area contributed by atoms with Crippen molar-refractivity contribution in [3.63, 3.8) is 0 Å². The molecule has 0 fully saturated rings. The number of carboxylic acid groups (broad SMARTS) is 1. The highest BCUT2D eigenvalue weighted by molar-refractivity contribution is 7.07. The molecule has 4 rings (SSSR count). The Balaban J connectivity index is 1.92. The normalized spacial score (nSPS) is 14.6. The maximum atomic E-state index is 14.0. The van der Waals surface area contributed by atoms with Gasteiger partial charge in [0, 0.05) is 5.56 Å². The molecule has 1 aliphatic rings. The maximum Gasteiger partial charge on any atom is 0.341 e. The SMILES string of the molecule is CCCOc1c(OC)cccc1[C@H]1C(C(=O)OCC)=C(C)N=c2s/c(=C\c3ccc(OCC(=O)O)c(OC)c3)c(=O)n21. The van der Waals surface area contributed by atoms with E-state index in [-0.39, 0.29) is 23.5 Å². The smallest absolute Gasteiger partial charge is 0.341 e. The molecular weight excluding hydrogens is 564 g/mol. The topological polar surface area (TPSA) is 135 Å². The molecule has 2 aromatic carbocycles. The number of methoxy groups -OCH3 is 2. The molecule has 0 amide bonds. The Bertz CT molecular complexity index is 1700. The van der Waals surface area contributed by atoms with E-state index in [1.54, 1.807) is 56.3 Å². The van der Waals surface area contributed by atoms with Gasteiger partial charge in [-0.1, -0.05) is 36.5 Å². The molecule has 1 N–H and O–H groups in total. The van der Waals surface area contributed by atoms with Crippen LogP contribution in [0, 0.1) is 0 Å². The van der Waals surface area contributed by atoms with Crippen molar-refractivity contribution in [2.24, 2.45) is 4.99 Å². The lowest BCUT2D eigenvalue weighted by Gasteiger charge is -2.27. The summed E-state index contributed by atoms with van der Waals surface area (Å²) in [4.78, 5) is 43.3. The van der Waals surface area contributed by atoms with Crippen molar-refractivity contribution in [3.8, 4) is 23.0 Å². The minimum absolute atomic E-state index is 0.151. The lowest BCUT2D eigenvalue weighted by atomic mass is 9.94. The molecule has 42 heavy (non-hydrogen) atoms. The van der Waals surface area contributed by atoms with E-state index in [0.29, 0.717) is 50.0 Å². The summed E-state index contributed by atoms with van der Waals surface area (Å²) >= 11 is 1.17. The number of aromatic nitrogens is 1. The zero-order valence-corrected chi connectivity index (χ0v) is 24.8. The van der Waals surface area contributed by atoms with Gasteiger partial charge in [0.25, 0.3) is 5.56 Å². The third-order valence-corrected chi connectivity index (χ3v) is 7.31. The Morgan fingerprint density at radius 3 is 2.50 bits per heavy atom. The summed E-state index contributed by atoms with van der Waals surface area (Å²) in [5.41, 5.74) is 1.47. The number of esters is 1. The number of aliphatic carboxylic acids is 1. The minimum atomic E-state index is -1.12. The van der Waals surface area contributed by atoms with Crippen LogP contribution >= 0.6 is 11.3 Å². The number of hydrogen-bond donors (Lipinski definition) is 1. The molecular formula is C30H32N2O9S. The van der Waals surface area contributed by atoms with Crippen LogP contribution in [-0.4, -0.2) is 55.7 Å². The van der Waals surface area contributed by atoms with Crippen molar-refractivity contribution >= 4 is 29.4 Å². The summed E-state index contributed by atoms with van der Waals surface area (Å²) in [5, 5.41) is 8.93. The molecule has 1 atom stereocenters. The van der Waals surface area contributed by atoms with Crippen LogP contribution in [0.25, 0.3) is 6.08 Å². The van der Waals surface area contributed by atoms with Crippen molar-refractivity contribution in [3.05, 3.63) is 78.5 Å². The number of carboxylic acids is 1. The number of para-hydroxylation sites is 1. The van der Waals surface area contributed by atoms with Gasteiger partial charge in [0.2, 0.25) is 0 Å². The summed E-state index contributed by atoms with van der Waals surface area (Å²) in [6.45, 7) is 5.44. The lowest BCUT2D eigenvalue weighted by molar-refractivity contribution is -0.140. The van der Waals surface area contributed by atoms with Crippen LogP contribution in [0.2, 0.25) is 0 Å². The Morgan fingerprint density at radius 2 is 1.83 bits per heavy atom. The van der Waals surface area contributed by atoms with E-state index in [2.05, 4.69) is 4.99 Å². The number of allylic oxidation sites excluding steroid dienone is 1. The zero-order valence-electron chi connectivity index (χ0n) is 24.0. The first-order valence-electron chi connectivity index (χ1n) is 13.3. The van der Waals surface area contributed by atoms with Crippen LogP contribution in [0.3, 0.4) is 0 Å². The van der Waals surface area contributed by atoms with Gasteiger partial charge >= 0.3 is 11.9 Å². The summed E-state index contributed by atoms with van der Waals surface area (Å²) in [6, 6.07) is 9.35. The van der Waals surface area contributed by atoms with E-state index >= 15 is 0 Å². The van der Waals surface area contributed by atoms with Crippen molar-refractivity contribution in [2.75, 3.05) is 34.0 Å². The minimum Gasteiger partial charge on any atom is -0.493 e. The number of rotatable bonds is 12. The van der Waals surface area contributed by atoms with Gasteiger partial charge in [-0.15, -0.1) is 0 Å². The fourth-order valence-corrected chi connectivity index (χ4v) is 5.58. The van der Waals surface area contributed by atoms with Gasteiger partial charge < -0.3 is 28.8 Å². The third-order valence-electron chi connectivity index (χ3n) is 6.33. The van der Waals surface area contributed by atoms with Crippen LogP contribution in [0.5, 0.6) is 23.0 Å². The standard InChI is InChI=1S/C30H32N2O9S/c1-6-13-40-27-19(9-8-10-21(27)37-4)26-25(29(36)39-7-2)17(3)31-30-32(26)28(35)23(42-30)15-18-11-12-20(22(14-18)38-5)41-16-24(33)34/h8-12,14-15,26H,6-7,13,16H2,1-5H3,(H,33,34)/b23-15-/t26-/m0/s1. The summed E-state index contributed by atoms with van der Waals surface area (Å²) < 4.78 is 29.6. The summed E-state index contributed by atoms with van der Waals surface area (Å²) in [5.74, 6) is -0.230. The van der Waals surface area contributed by atoms with Crippen molar-refractivity contribution in [1.82, 2.24) is 4.57 Å². The Hall–Kier alpha value is -4.58. The Labute approximate surface area is 245 Å². The molecule has 11 nitrogen and oxygen atoms in total. The number of carbonyl (C=O) groups is 2. The van der Waals surface area contributed by atoms with Gasteiger partial charge in [0.1, 0.15) is 6.04 Å².